The zero-order valence-corrected chi connectivity index (χ0v) is 9.76. The summed E-state index contributed by atoms with van der Waals surface area (Å²) in [5, 5.41) is 2.78. The lowest BCUT2D eigenvalue weighted by molar-refractivity contribution is -0.137. The van der Waals surface area contributed by atoms with Crippen LogP contribution in [-0.4, -0.2) is 12.5 Å². The van der Waals surface area contributed by atoms with Crippen LogP contribution in [0, 0.1) is 5.92 Å². The first kappa shape index (κ1) is 12.9. The first-order valence-corrected chi connectivity index (χ1v) is 5.90. The number of halogens is 3. The van der Waals surface area contributed by atoms with E-state index in [1.165, 1.54) is 12.1 Å². The van der Waals surface area contributed by atoms with Gasteiger partial charge in [0.2, 0.25) is 5.91 Å². The molecule has 1 aliphatic carbocycles. The van der Waals surface area contributed by atoms with E-state index in [4.69, 9.17) is 0 Å². The van der Waals surface area contributed by atoms with E-state index >= 15 is 0 Å². The fourth-order valence-electron chi connectivity index (χ4n) is 1.68. The van der Waals surface area contributed by atoms with E-state index in [-0.39, 0.29) is 11.8 Å². The van der Waals surface area contributed by atoms with Gasteiger partial charge in [0.05, 0.1) is 5.56 Å². The maximum absolute atomic E-state index is 12.3. The monoisotopic (exact) mass is 257 g/mol. The van der Waals surface area contributed by atoms with Crippen LogP contribution in [0.15, 0.2) is 24.3 Å². The summed E-state index contributed by atoms with van der Waals surface area (Å²) in [5.74, 6) is 0.222. The smallest absolute Gasteiger partial charge is 0.356 e. The van der Waals surface area contributed by atoms with Crippen molar-refractivity contribution in [3.63, 3.8) is 0 Å². The Kier molecular flexibility index (Phi) is 3.59. The van der Waals surface area contributed by atoms with Gasteiger partial charge in [-0.15, -0.1) is 0 Å². The fraction of sp³-hybridized carbons (Fsp3) is 0.462. The van der Waals surface area contributed by atoms with Gasteiger partial charge in [0, 0.05) is 12.5 Å². The second-order valence-corrected chi connectivity index (χ2v) is 4.51. The van der Waals surface area contributed by atoms with Crippen molar-refractivity contribution in [2.45, 2.75) is 25.4 Å². The quantitative estimate of drug-likeness (QED) is 0.883. The van der Waals surface area contributed by atoms with Crippen molar-refractivity contribution in [2.75, 3.05) is 6.54 Å². The van der Waals surface area contributed by atoms with E-state index in [1.54, 1.807) is 0 Å². The van der Waals surface area contributed by atoms with E-state index in [2.05, 4.69) is 5.32 Å². The van der Waals surface area contributed by atoms with E-state index in [9.17, 15) is 18.0 Å². The number of hydrogen-bond donors (Lipinski definition) is 1. The molecule has 1 aromatic rings. The Bertz CT molecular complexity index is 421. The highest BCUT2D eigenvalue weighted by Gasteiger charge is 2.30. The van der Waals surface area contributed by atoms with Gasteiger partial charge in [0.25, 0.3) is 0 Å². The standard InChI is InChI=1S/C13H14F3NO/c14-13(15,16)11-5-1-9(2-6-11)7-8-17-12(18)10-3-4-10/h1-2,5-6,10H,3-4,7-8H2,(H,17,18). The van der Waals surface area contributed by atoms with Crippen LogP contribution in [0.25, 0.3) is 0 Å². The van der Waals surface area contributed by atoms with Gasteiger partial charge >= 0.3 is 6.18 Å². The van der Waals surface area contributed by atoms with Gasteiger partial charge in [-0.25, -0.2) is 0 Å². The Balaban J connectivity index is 1.81. The minimum Gasteiger partial charge on any atom is -0.356 e. The Labute approximate surface area is 103 Å². The lowest BCUT2D eigenvalue weighted by atomic mass is 10.1. The molecule has 98 valence electrons. The molecule has 0 saturated heterocycles. The average molecular weight is 257 g/mol. The molecular weight excluding hydrogens is 243 g/mol. The number of hydrogen-bond acceptors (Lipinski definition) is 1. The third-order valence-corrected chi connectivity index (χ3v) is 2.94. The molecule has 1 aliphatic rings. The van der Waals surface area contributed by atoms with Crippen molar-refractivity contribution in [3.05, 3.63) is 35.4 Å². The maximum atomic E-state index is 12.3. The van der Waals surface area contributed by atoms with Gasteiger partial charge in [0.1, 0.15) is 0 Å². The Hall–Kier alpha value is -1.52. The number of nitrogens with one attached hydrogen (secondary N) is 1. The molecular formula is C13H14F3NO. The van der Waals surface area contributed by atoms with Gasteiger partial charge in [0.15, 0.2) is 0 Å². The van der Waals surface area contributed by atoms with Crippen LogP contribution in [-0.2, 0) is 17.4 Å². The Morgan fingerprint density at radius 2 is 1.83 bits per heavy atom. The first-order chi connectivity index (χ1) is 8.47. The van der Waals surface area contributed by atoms with Crippen LogP contribution in [0.1, 0.15) is 24.0 Å². The summed E-state index contributed by atoms with van der Waals surface area (Å²) in [7, 11) is 0. The van der Waals surface area contributed by atoms with Crippen molar-refractivity contribution in [1.29, 1.82) is 0 Å². The average Bonchev–Trinajstić information content (AvgIpc) is 3.12. The highest BCUT2D eigenvalue weighted by molar-refractivity contribution is 5.80. The molecule has 0 aromatic heterocycles. The summed E-state index contributed by atoms with van der Waals surface area (Å²) in [6, 6.07) is 5.04. The maximum Gasteiger partial charge on any atom is 0.416 e. The minimum atomic E-state index is -4.29. The number of benzene rings is 1. The van der Waals surface area contributed by atoms with Gasteiger partial charge in [-0.05, 0) is 37.0 Å². The van der Waals surface area contributed by atoms with Gasteiger partial charge in [-0.2, -0.15) is 13.2 Å². The highest BCUT2D eigenvalue weighted by atomic mass is 19.4. The predicted octanol–water partition coefficient (Wildman–Crippen LogP) is 2.77. The summed E-state index contributed by atoms with van der Waals surface area (Å²) in [6.07, 6.45) is -1.84. The summed E-state index contributed by atoms with van der Waals surface area (Å²) >= 11 is 0. The van der Waals surface area contributed by atoms with Crippen molar-refractivity contribution in [2.24, 2.45) is 5.92 Å². The molecule has 2 nitrogen and oxygen atoms in total. The minimum absolute atomic E-state index is 0.0573. The van der Waals surface area contributed by atoms with Crippen LogP contribution in [0.5, 0.6) is 0 Å². The number of carbonyl (C=O) groups is 1. The third-order valence-electron chi connectivity index (χ3n) is 2.94. The molecule has 0 unspecified atom stereocenters. The van der Waals surface area contributed by atoms with Crippen molar-refractivity contribution < 1.29 is 18.0 Å². The van der Waals surface area contributed by atoms with Crippen molar-refractivity contribution in [3.8, 4) is 0 Å². The molecule has 0 bridgehead atoms. The third kappa shape index (κ3) is 3.48. The molecule has 0 heterocycles. The molecule has 1 aromatic carbocycles. The van der Waals surface area contributed by atoms with E-state index < -0.39 is 11.7 Å². The van der Waals surface area contributed by atoms with Gasteiger partial charge < -0.3 is 5.32 Å². The topological polar surface area (TPSA) is 29.1 Å². The van der Waals surface area contributed by atoms with Crippen LogP contribution >= 0.6 is 0 Å². The summed E-state index contributed by atoms with van der Waals surface area (Å²) in [4.78, 5) is 11.3. The largest absolute Gasteiger partial charge is 0.416 e. The lowest BCUT2D eigenvalue weighted by Gasteiger charge is -2.08. The molecule has 1 amide bonds. The molecule has 1 N–H and O–H groups in total. The second-order valence-electron chi connectivity index (χ2n) is 4.51. The molecule has 1 saturated carbocycles. The van der Waals surface area contributed by atoms with Crippen LogP contribution in [0.2, 0.25) is 0 Å². The molecule has 2 rings (SSSR count). The number of alkyl halides is 3. The molecule has 0 atom stereocenters. The van der Waals surface area contributed by atoms with E-state index in [1.807, 2.05) is 0 Å². The van der Waals surface area contributed by atoms with Crippen LogP contribution in [0.3, 0.4) is 0 Å². The van der Waals surface area contributed by atoms with E-state index in [0.717, 1.165) is 30.5 Å². The number of rotatable bonds is 4. The van der Waals surface area contributed by atoms with Crippen molar-refractivity contribution >= 4 is 5.91 Å². The fourth-order valence-corrected chi connectivity index (χ4v) is 1.68. The van der Waals surface area contributed by atoms with Gasteiger partial charge in [-0.1, -0.05) is 12.1 Å². The number of amides is 1. The predicted molar refractivity (Wildman–Crippen MR) is 60.9 cm³/mol. The molecule has 0 radical (unpaired) electrons. The second kappa shape index (κ2) is 5.00. The number of carbonyl (C=O) groups excluding carboxylic acids is 1. The molecule has 5 heteroatoms. The highest BCUT2D eigenvalue weighted by Crippen LogP contribution is 2.29. The van der Waals surface area contributed by atoms with Gasteiger partial charge in [-0.3, -0.25) is 4.79 Å². The molecule has 1 fully saturated rings. The molecule has 0 spiro atoms. The lowest BCUT2D eigenvalue weighted by Crippen LogP contribution is -2.26. The zero-order valence-electron chi connectivity index (χ0n) is 9.76. The Morgan fingerprint density at radius 3 is 2.33 bits per heavy atom. The van der Waals surface area contributed by atoms with E-state index in [0.29, 0.717) is 13.0 Å². The zero-order chi connectivity index (χ0) is 13.2. The first-order valence-electron chi connectivity index (χ1n) is 5.90. The molecule has 0 aliphatic heterocycles. The summed E-state index contributed by atoms with van der Waals surface area (Å²) in [6.45, 7) is 0.473. The summed E-state index contributed by atoms with van der Waals surface area (Å²) in [5.41, 5.74) is 0.146. The SMILES string of the molecule is O=C(NCCc1ccc(C(F)(F)F)cc1)C1CC1. The normalized spacial score (nSPS) is 15.5. The van der Waals surface area contributed by atoms with Crippen molar-refractivity contribution in [1.82, 2.24) is 5.32 Å². The van der Waals surface area contributed by atoms with Crippen LogP contribution < -0.4 is 5.32 Å². The Morgan fingerprint density at radius 1 is 1.22 bits per heavy atom. The summed E-state index contributed by atoms with van der Waals surface area (Å²) < 4.78 is 36.9. The van der Waals surface area contributed by atoms with Crippen LogP contribution in [0.4, 0.5) is 13.2 Å². The molecule has 18 heavy (non-hydrogen) atoms.